The van der Waals surface area contributed by atoms with Gasteiger partial charge in [0, 0.05) is 29.6 Å². The molecule has 0 spiro atoms. The fraction of sp³-hybridized carbons (Fsp3) is 0.172. The van der Waals surface area contributed by atoms with Gasteiger partial charge < -0.3 is 25.1 Å². The van der Waals surface area contributed by atoms with Crippen molar-refractivity contribution in [3.8, 4) is 11.3 Å². The summed E-state index contributed by atoms with van der Waals surface area (Å²) in [4.78, 5) is 30.0. The van der Waals surface area contributed by atoms with Crippen molar-refractivity contribution in [2.75, 3.05) is 10.2 Å². The van der Waals surface area contributed by atoms with E-state index in [1.807, 2.05) is 54.3 Å². The molecule has 0 unspecified atom stereocenters. The third-order valence-corrected chi connectivity index (χ3v) is 7.22. The van der Waals surface area contributed by atoms with Crippen LogP contribution >= 0.6 is 23.8 Å². The number of benzene rings is 2. The van der Waals surface area contributed by atoms with Gasteiger partial charge in [0.05, 0.1) is 22.3 Å². The molecule has 2 aromatic heterocycles. The predicted molar refractivity (Wildman–Crippen MR) is 154 cm³/mol. The lowest BCUT2D eigenvalue weighted by Gasteiger charge is -2.27. The summed E-state index contributed by atoms with van der Waals surface area (Å²) < 4.78 is 6.34. The average molecular weight is 561 g/mol. The summed E-state index contributed by atoms with van der Waals surface area (Å²) in [6.45, 7) is 3.73. The fourth-order valence-electron chi connectivity index (χ4n) is 4.60. The second-order valence-corrected chi connectivity index (χ2v) is 9.89. The van der Waals surface area contributed by atoms with Crippen LogP contribution in [0.2, 0.25) is 5.02 Å². The number of carbonyl (C=O) groups is 2. The van der Waals surface area contributed by atoms with Crippen LogP contribution in [0.15, 0.2) is 77.3 Å². The Bertz CT molecular complexity index is 1570. The van der Waals surface area contributed by atoms with Crippen molar-refractivity contribution in [1.29, 1.82) is 0 Å². The Morgan fingerprint density at radius 2 is 1.97 bits per heavy atom. The van der Waals surface area contributed by atoms with E-state index in [1.54, 1.807) is 25.3 Å². The lowest BCUT2D eigenvalue weighted by atomic mass is 10.0. The van der Waals surface area contributed by atoms with E-state index in [1.165, 1.54) is 12.1 Å². The van der Waals surface area contributed by atoms with Crippen LogP contribution in [0.4, 0.5) is 11.4 Å². The van der Waals surface area contributed by atoms with E-state index in [0.29, 0.717) is 33.6 Å². The topological polar surface area (TPSA) is 108 Å². The van der Waals surface area contributed by atoms with Gasteiger partial charge in [-0.05, 0) is 85.4 Å². The van der Waals surface area contributed by atoms with Gasteiger partial charge >= 0.3 is 5.97 Å². The van der Waals surface area contributed by atoms with Gasteiger partial charge in [0.2, 0.25) is 5.91 Å². The summed E-state index contributed by atoms with van der Waals surface area (Å²) >= 11 is 12.2. The number of hydrogen-bond donors (Lipinski definition) is 3. The molecule has 1 saturated heterocycles. The van der Waals surface area contributed by atoms with Crippen LogP contribution in [0.5, 0.6) is 0 Å². The number of nitrogens with zero attached hydrogens (tertiary/aromatic N) is 2. The van der Waals surface area contributed by atoms with Crippen LogP contribution in [0.25, 0.3) is 11.3 Å². The Kier molecular flexibility index (Phi) is 7.36. The highest BCUT2D eigenvalue weighted by Crippen LogP contribution is 2.44. The standard InChI is InChI=1S/C29H25ClN4O4S/c1-3-25(35)32-21-10-8-18(14-16(21)2)34-27(26(33-29(34)39)22-6-4-5-13-31-22)24-12-11-23(38-24)19-15-17(28(36)37)7-9-20(19)30/h4-15,26-27H,3H2,1-2H3,(H,32,35)(H,33,39)(H,36,37)/t26-,27-/m1/s1. The van der Waals surface area contributed by atoms with Crippen LogP contribution in [0.1, 0.15) is 52.8 Å². The number of rotatable bonds is 7. The number of thiocarbonyl (C=S) groups is 1. The van der Waals surface area contributed by atoms with Gasteiger partial charge in [-0.15, -0.1) is 0 Å². The van der Waals surface area contributed by atoms with Gasteiger partial charge in [-0.25, -0.2) is 4.79 Å². The minimum Gasteiger partial charge on any atom is -0.478 e. The van der Waals surface area contributed by atoms with Crippen LogP contribution in [0.3, 0.4) is 0 Å². The first-order valence-electron chi connectivity index (χ1n) is 12.3. The molecule has 3 heterocycles. The number of aryl methyl sites for hydroxylation is 1. The molecule has 5 rings (SSSR count). The van der Waals surface area contributed by atoms with E-state index in [0.717, 1.165) is 22.6 Å². The van der Waals surface area contributed by atoms with Crippen molar-refractivity contribution < 1.29 is 19.1 Å². The lowest BCUT2D eigenvalue weighted by Crippen LogP contribution is -2.29. The second kappa shape index (κ2) is 10.9. The molecule has 2 aromatic carbocycles. The molecule has 1 fully saturated rings. The van der Waals surface area contributed by atoms with Gasteiger partial charge in [0.15, 0.2) is 5.11 Å². The SMILES string of the molecule is CCC(=O)Nc1ccc(N2C(=S)N[C@H](c3ccccn3)[C@H]2c2ccc(-c3cc(C(=O)O)ccc3Cl)o2)cc1C. The summed E-state index contributed by atoms with van der Waals surface area (Å²) in [6.07, 6.45) is 2.11. The highest BCUT2D eigenvalue weighted by Gasteiger charge is 2.42. The lowest BCUT2D eigenvalue weighted by molar-refractivity contribution is -0.115. The molecular weight excluding hydrogens is 536 g/mol. The first-order chi connectivity index (χ1) is 18.8. The van der Waals surface area contributed by atoms with E-state index >= 15 is 0 Å². The molecule has 1 aliphatic heterocycles. The molecule has 39 heavy (non-hydrogen) atoms. The van der Waals surface area contributed by atoms with Gasteiger partial charge in [-0.3, -0.25) is 9.78 Å². The fourth-order valence-corrected chi connectivity index (χ4v) is 5.16. The third kappa shape index (κ3) is 5.23. The highest BCUT2D eigenvalue weighted by molar-refractivity contribution is 7.80. The summed E-state index contributed by atoms with van der Waals surface area (Å²) in [5.74, 6) is -0.0957. The Balaban J connectivity index is 1.58. The molecule has 8 nitrogen and oxygen atoms in total. The molecule has 0 radical (unpaired) electrons. The maximum absolute atomic E-state index is 12.0. The number of halogens is 1. The average Bonchev–Trinajstić information content (AvgIpc) is 3.55. The highest BCUT2D eigenvalue weighted by atomic mass is 35.5. The van der Waals surface area contributed by atoms with Crippen LogP contribution in [-0.4, -0.2) is 27.1 Å². The predicted octanol–water partition coefficient (Wildman–Crippen LogP) is 6.53. The molecule has 1 aliphatic rings. The maximum atomic E-state index is 12.0. The zero-order chi connectivity index (χ0) is 27.7. The molecule has 0 aliphatic carbocycles. The molecule has 0 bridgehead atoms. The Morgan fingerprint density at radius 3 is 2.67 bits per heavy atom. The molecule has 0 saturated carbocycles. The number of pyridine rings is 1. The Hall–Kier alpha value is -4.21. The smallest absolute Gasteiger partial charge is 0.335 e. The minimum atomic E-state index is -1.06. The number of aromatic carboxylic acids is 1. The van der Waals surface area contributed by atoms with Crippen molar-refractivity contribution in [3.63, 3.8) is 0 Å². The number of furan rings is 1. The number of carboxylic acids is 1. The monoisotopic (exact) mass is 560 g/mol. The second-order valence-electron chi connectivity index (χ2n) is 9.10. The van der Waals surface area contributed by atoms with Crippen molar-refractivity contribution in [2.45, 2.75) is 32.4 Å². The van der Waals surface area contributed by atoms with Gasteiger partial charge in [0.1, 0.15) is 17.6 Å². The summed E-state index contributed by atoms with van der Waals surface area (Å²) in [5, 5.41) is 16.6. The molecule has 3 N–H and O–H groups in total. The van der Waals surface area contributed by atoms with Gasteiger partial charge in [0.25, 0.3) is 0 Å². The normalized spacial score (nSPS) is 16.7. The van der Waals surface area contributed by atoms with E-state index < -0.39 is 12.0 Å². The van der Waals surface area contributed by atoms with Crippen molar-refractivity contribution in [1.82, 2.24) is 10.3 Å². The largest absolute Gasteiger partial charge is 0.478 e. The number of carbonyl (C=O) groups excluding carboxylic acids is 1. The zero-order valence-corrected chi connectivity index (χ0v) is 22.7. The quantitative estimate of drug-likeness (QED) is 0.219. The summed E-state index contributed by atoms with van der Waals surface area (Å²) in [7, 11) is 0. The van der Waals surface area contributed by atoms with Crippen LogP contribution in [0, 0.1) is 6.92 Å². The molecule has 1 amide bonds. The number of nitrogens with one attached hydrogen (secondary N) is 2. The maximum Gasteiger partial charge on any atom is 0.335 e. The number of amides is 1. The zero-order valence-electron chi connectivity index (χ0n) is 21.1. The van der Waals surface area contributed by atoms with Crippen molar-refractivity contribution in [2.24, 2.45) is 0 Å². The number of aromatic nitrogens is 1. The Labute approximate surface area is 235 Å². The van der Waals surface area contributed by atoms with Crippen molar-refractivity contribution in [3.05, 3.63) is 101 Å². The number of anilines is 2. The molecular formula is C29H25ClN4O4S. The van der Waals surface area contributed by atoms with Crippen LogP contribution < -0.4 is 15.5 Å². The first-order valence-corrected chi connectivity index (χ1v) is 13.1. The summed E-state index contributed by atoms with van der Waals surface area (Å²) in [5.41, 5.74) is 3.79. The number of hydrogen-bond acceptors (Lipinski definition) is 5. The van der Waals surface area contributed by atoms with Crippen molar-refractivity contribution >= 4 is 52.2 Å². The van der Waals surface area contributed by atoms with E-state index in [-0.39, 0.29) is 17.5 Å². The first kappa shape index (κ1) is 26.4. The van der Waals surface area contributed by atoms with E-state index in [2.05, 4.69) is 15.6 Å². The van der Waals surface area contributed by atoms with Crippen LogP contribution in [-0.2, 0) is 4.79 Å². The molecule has 4 aromatic rings. The third-order valence-electron chi connectivity index (χ3n) is 6.58. The molecule has 198 valence electrons. The molecule has 10 heteroatoms. The Morgan fingerprint density at radius 1 is 1.15 bits per heavy atom. The van der Waals surface area contributed by atoms with E-state index in [9.17, 15) is 14.7 Å². The van der Waals surface area contributed by atoms with Gasteiger partial charge in [-0.1, -0.05) is 24.6 Å². The summed E-state index contributed by atoms with van der Waals surface area (Å²) in [6, 6.07) is 18.7. The van der Waals surface area contributed by atoms with E-state index in [4.69, 9.17) is 28.2 Å². The van der Waals surface area contributed by atoms with Gasteiger partial charge in [-0.2, -0.15) is 0 Å². The molecule has 2 atom stereocenters. The minimum absolute atomic E-state index is 0.0638. The number of carboxylic acid groups (broad SMARTS) is 1.